The minimum absolute atomic E-state index is 0.0569. The molecule has 1 N–H and O–H groups in total. The minimum atomic E-state index is -0.585. The van der Waals surface area contributed by atoms with Crippen molar-refractivity contribution in [1.82, 2.24) is 9.88 Å². The van der Waals surface area contributed by atoms with Crippen LogP contribution in [0.1, 0.15) is 28.9 Å². The summed E-state index contributed by atoms with van der Waals surface area (Å²) in [6.07, 6.45) is 1.30. The minimum Gasteiger partial charge on any atom is -0.467 e. The average Bonchev–Trinajstić information content (AvgIpc) is 2.86. The largest absolute Gasteiger partial charge is 0.467 e. The molecular weight excluding hydrogens is 248 g/mol. The van der Waals surface area contributed by atoms with Crippen LogP contribution in [0.4, 0.5) is 0 Å². The zero-order chi connectivity index (χ0) is 14.0. The zero-order valence-corrected chi connectivity index (χ0v) is 10.9. The second kappa shape index (κ2) is 5.26. The number of hydrogen-bond acceptors (Lipinski definition) is 4. The van der Waals surface area contributed by atoms with Gasteiger partial charge in [0.05, 0.1) is 7.11 Å². The molecule has 1 aromatic rings. The average molecular weight is 264 g/mol. The Morgan fingerprint density at radius 3 is 2.79 bits per heavy atom. The van der Waals surface area contributed by atoms with E-state index in [2.05, 4.69) is 9.72 Å². The van der Waals surface area contributed by atoms with E-state index in [1.165, 1.54) is 18.1 Å². The van der Waals surface area contributed by atoms with Crippen LogP contribution in [0.3, 0.4) is 0 Å². The van der Waals surface area contributed by atoms with Gasteiger partial charge < -0.3 is 14.6 Å². The first-order chi connectivity index (χ1) is 9.04. The lowest BCUT2D eigenvalue weighted by molar-refractivity contribution is -0.145. The summed E-state index contributed by atoms with van der Waals surface area (Å²) in [5.74, 6) is -0.858. The molecule has 0 aromatic carbocycles. The van der Waals surface area contributed by atoms with Gasteiger partial charge in [-0.3, -0.25) is 9.59 Å². The van der Waals surface area contributed by atoms with Crippen molar-refractivity contribution < 1.29 is 14.3 Å². The molecule has 1 aliphatic rings. The second-order valence-corrected chi connectivity index (χ2v) is 4.56. The van der Waals surface area contributed by atoms with E-state index >= 15 is 0 Å². The van der Waals surface area contributed by atoms with Crippen LogP contribution in [0.5, 0.6) is 0 Å². The molecule has 1 atom stereocenters. The van der Waals surface area contributed by atoms with Gasteiger partial charge in [-0.05, 0) is 31.9 Å². The van der Waals surface area contributed by atoms with Crippen molar-refractivity contribution in [3.8, 4) is 0 Å². The summed E-state index contributed by atoms with van der Waals surface area (Å²) in [6, 6.07) is 2.57. The number of esters is 1. The number of ether oxygens (including phenoxy) is 1. The lowest BCUT2D eigenvalue weighted by Gasteiger charge is -2.22. The van der Waals surface area contributed by atoms with Crippen LogP contribution in [0.15, 0.2) is 16.9 Å². The molecule has 0 spiro atoms. The predicted molar refractivity (Wildman–Crippen MR) is 67.9 cm³/mol. The van der Waals surface area contributed by atoms with Gasteiger partial charge in [-0.25, -0.2) is 4.79 Å². The standard InChI is InChI=1S/C13H16N2O4/c1-8-5-6-9(11(16)14-8)12(17)15-7-3-4-10(15)13(18)19-2/h5-6,10H,3-4,7H2,1-2H3,(H,14,16). The van der Waals surface area contributed by atoms with Crippen molar-refractivity contribution in [1.29, 1.82) is 0 Å². The molecule has 0 saturated carbocycles. The van der Waals surface area contributed by atoms with Crippen LogP contribution in [0.2, 0.25) is 0 Å². The molecule has 19 heavy (non-hydrogen) atoms. The van der Waals surface area contributed by atoms with Crippen LogP contribution in [-0.4, -0.2) is 41.5 Å². The summed E-state index contributed by atoms with van der Waals surface area (Å²) in [5.41, 5.74) is 0.314. The molecule has 2 heterocycles. The fourth-order valence-electron chi connectivity index (χ4n) is 2.29. The van der Waals surface area contributed by atoms with Gasteiger partial charge in [-0.15, -0.1) is 0 Å². The predicted octanol–water partition coefficient (Wildman–Crippen LogP) is 0.461. The summed E-state index contributed by atoms with van der Waals surface area (Å²) in [5, 5.41) is 0. The first kappa shape index (κ1) is 13.3. The number of amides is 1. The number of likely N-dealkylation sites (tertiary alicyclic amines) is 1. The van der Waals surface area contributed by atoms with E-state index in [1.54, 1.807) is 13.0 Å². The smallest absolute Gasteiger partial charge is 0.328 e. The van der Waals surface area contributed by atoms with Crippen LogP contribution >= 0.6 is 0 Å². The fourth-order valence-corrected chi connectivity index (χ4v) is 2.29. The number of aryl methyl sites for hydroxylation is 1. The Bertz CT molecular complexity index is 564. The van der Waals surface area contributed by atoms with E-state index in [1.807, 2.05) is 0 Å². The van der Waals surface area contributed by atoms with Crippen molar-refractivity contribution in [2.24, 2.45) is 0 Å². The molecule has 102 valence electrons. The number of aromatic nitrogens is 1. The summed E-state index contributed by atoms with van der Waals surface area (Å²) in [6.45, 7) is 2.20. The maximum atomic E-state index is 12.3. The van der Waals surface area contributed by atoms with E-state index in [9.17, 15) is 14.4 Å². The summed E-state index contributed by atoms with van der Waals surface area (Å²) >= 11 is 0. The molecule has 0 radical (unpaired) electrons. The lowest BCUT2D eigenvalue weighted by Crippen LogP contribution is -2.42. The number of hydrogen-bond donors (Lipinski definition) is 1. The van der Waals surface area contributed by atoms with E-state index in [4.69, 9.17) is 0 Å². The number of nitrogens with one attached hydrogen (secondary N) is 1. The fraction of sp³-hybridized carbons (Fsp3) is 0.462. The third kappa shape index (κ3) is 2.52. The molecule has 1 unspecified atom stereocenters. The molecule has 6 heteroatoms. The van der Waals surface area contributed by atoms with Crippen molar-refractivity contribution in [3.63, 3.8) is 0 Å². The van der Waals surface area contributed by atoms with Crippen molar-refractivity contribution in [2.75, 3.05) is 13.7 Å². The molecule has 0 aliphatic carbocycles. The Kier molecular flexibility index (Phi) is 3.69. The molecular formula is C13H16N2O4. The van der Waals surface area contributed by atoms with E-state index in [-0.39, 0.29) is 5.56 Å². The van der Waals surface area contributed by atoms with Crippen LogP contribution in [-0.2, 0) is 9.53 Å². The second-order valence-electron chi connectivity index (χ2n) is 4.56. The van der Waals surface area contributed by atoms with Gasteiger partial charge in [0, 0.05) is 12.2 Å². The Morgan fingerprint density at radius 2 is 2.16 bits per heavy atom. The monoisotopic (exact) mass is 264 g/mol. The Morgan fingerprint density at radius 1 is 1.42 bits per heavy atom. The highest BCUT2D eigenvalue weighted by molar-refractivity contribution is 5.96. The van der Waals surface area contributed by atoms with Crippen molar-refractivity contribution in [2.45, 2.75) is 25.8 Å². The highest BCUT2D eigenvalue weighted by Gasteiger charge is 2.35. The number of pyridine rings is 1. The molecule has 1 fully saturated rings. The van der Waals surface area contributed by atoms with Crippen LogP contribution in [0, 0.1) is 6.92 Å². The molecule has 1 aliphatic heterocycles. The number of aromatic amines is 1. The zero-order valence-electron chi connectivity index (χ0n) is 10.9. The highest BCUT2D eigenvalue weighted by atomic mass is 16.5. The quantitative estimate of drug-likeness (QED) is 0.787. The van der Waals surface area contributed by atoms with E-state index in [0.717, 1.165) is 6.42 Å². The maximum absolute atomic E-state index is 12.3. The van der Waals surface area contributed by atoms with Crippen molar-refractivity contribution >= 4 is 11.9 Å². The van der Waals surface area contributed by atoms with Gasteiger partial charge in [0.15, 0.2) is 0 Å². The molecule has 1 aromatic heterocycles. The topological polar surface area (TPSA) is 79.5 Å². The molecule has 2 rings (SSSR count). The number of rotatable bonds is 2. The Balaban J connectivity index is 2.28. The van der Waals surface area contributed by atoms with E-state index in [0.29, 0.717) is 18.7 Å². The van der Waals surface area contributed by atoms with Gasteiger partial charge in [0.2, 0.25) is 0 Å². The summed E-state index contributed by atoms with van der Waals surface area (Å²) in [7, 11) is 1.29. The maximum Gasteiger partial charge on any atom is 0.328 e. The Hall–Kier alpha value is -2.11. The van der Waals surface area contributed by atoms with Crippen LogP contribution in [0.25, 0.3) is 0 Å². The highest BCUT2D eigenvalue weighted by Crippen LogP contribution is 2.20. The molecule has 1 saturated heterocycles. The summed E-state index contributed by atoms with van der Waals surface area (Å²) < 4.78 is 4.68. The summed E-state index contributed by atoms with van der Waals surface area (Å²) in [4.78, 5) is 39.7. The molecule has 6 nitrogen and oxygen atoms in total. The normalized spacial score (nSPS) is 18.4. The van der Waals surface area contributed by atoms with Gasteiger partial charge in [0.1, 0.15) is 11.6 Å². The van der Waals surface area contributed by atoms with Gasteiger partial charge >= 0.3 is 5.97 Å². The number of nitrogens with zero attached hydrogens (tertiary/aromatic N) is 1. The molecule has 1 amide bonds. The molecule has 0 bridgehead atoms. The van der Waals surface area contributed by atoms with E-state index < -0.39 is 23.5 Å². The number of methoxy groups -OCH3 is 1. The first-order valence-corrected chi connectivity index (χ1v) is 6.13. The Labute approximate surface area is 110 Å². The number of carbonyl (C=O) groups excluding carboxylic acids is 2. The lowest BCUT2D eigenvalue weighted by atomic mass is 10.2. The first-order valence-electron chi connectivity index (χ1n) is 6.13. The van der Waals surface area contributed by atoms with Gasteiger partial charge in [-0.2, -0.15) is 0 Å². The number of carbonyl (C=O) groups is 2. The van der Waals surface area contributed by atoms with Crippen molar-refractivity contribution in [3.05, 3.63) is 33.7 Å². The van der Waals surface area contributed by atoms with Gasteiger partial charge in [-0.1, -0.05) is 0 Å². The van der Waals surface area contributed by atoms with Gasteiger partial charge in [0.25, 0.3) is 11.5 Å². The van der Waals surface area contributed by atoms with Crippen LogP contribution < -0.4 is 5.56 Å². The third-order valence-electron chi connectivity index (χ3n) is 3.27. The third-order valence-corrected chi connectivity index (χ3v) is 3.27. The number of H-pyrrole nitrogens is 1. The SMILES string of the molecule is COC(=O)C1CCCN1C(=O)c1ccc(C)[nH]c1=O.